The van der Waals surface area contributed by atoms with Gasteiger partial charge in [-0.1, -0.05) is 39.2 Å². The molecule has 0 aliphatic heterocycles. The standard InChI is InChI=1S/C27H40O4.C4H8O3/c1-5-6-7-8-24(30)31-27(18(2)28)16-13-23-21-10-9-19-17-20(29)11-14-25(19,3)22(21)12-15-26(23,27)4;1-3(5)2-4(6)7/h17,21-23H,5-16H2,1-4H3;3,5H,2H2,1H3,(H,6,7)/t21-,22+,23+,25+,26+,27+;/m1./s1. The fourth-order valence-corrected chi connectivity index (χ4v) is 8.39. The fraction of sp³-hybridized carbons (Fsp3) is 0.806. The average molecular weight is 533 g/mol. The zero-order valence-electron chi connectivity index (χ0n) is 24.0. The van der Waals surface area contributed by atoms with E-state index in [1.807, 2.05) is 6.08 Å². The third-order valence-corrected chi connectivity index (χ3v) is 10.4. The van der Waals surface area contributed by atoms with E-state index < -0.39 is 17.7 Å². The highest BCUT2D eigenvalue weighted by molar-refractivity contribution is 5.92. The SMILES string of the molecule is CC(O)CC(=O)O.CCCCCC(=O)O[C@]1(C(C)=O)CC[C@H]2[C@@H]3CCC4=CC(=O)CC[C@]4(C)[C@H]3CC[C@@]21C. The number of rotatable bonds is 8. The lowest BCUT2D eigenvalue weighted by atomic mass is 9.46. The minimum Gasteiger partial charge on any atom is -0.481 e. The molecule has 0 aromatic rings. The Bertz CT molecular complexity index is 952. The van der Waals surface area contributed by atoms with E-state index in [-0.39, 0.29) is 34.8 Å². The van der Waals surface area contributed by atoms with Crippen molar-refractivity contribution in [2.24, 2.45) is 28.6 Å². The molecule has 3 fully saturated rings. The van der Waals surface area contributed by atoms with Crippen LogP contribution < -0.4 is 0 Å². The molecular formula is C31H48O7. The van der Waals surface area contributed by atoms with Crippen LogP contribution in [0.25, 0.3) is 0 Å². The number of ether oxygens (including phenoxy) is 1. The normalized spacial score (nSPS) is 36.4. The molecule has 7 atom stereocenters. The number of unbranched alkanes of at least 4 members (excludes halogenated alkanes) is 2. The maximum atomic E-state index is 13.1. The predicted octanol–water partition coefficient (Wildman–Crippen LogP) is 5.81. The van der Waals surface area contributed by atoms with Crippen molar-refractivity contribution >= 4 is 23.5 Å². The Kier molecular flexibility index (Phi) is 9.65. The highest BCUT2D eigenvalue weighted by Gasteiger charge is 2.67. The summed E-state index contributed by atoms with van der Waals surface area (Å²) in [6, 6.07) is 0. The molecule has 0 spiro atoms. The lowest BCUT2D eigenvalue weighted by Crippen LogP contribution is -2.58. The van der Waals surface area contributed by atoms with Gasteiger partial charge in [-0.2, -0.15) is 0 Å². The lowest BCUT2D eigenvalue weighted by molar-refractivity contribution is -0.189. The third kappa shape index (κ3) is 5.78. The summed E-state index contributed by atoms with van der Waals surface area (Å²) < 4.78 is 6.16. The van der Waals surface area contributed by atoms with Gasteiger partial charge in [-0.15, -0.1) is 0 Å². The minimum atomic E-state index is -0.963. The highest BCUT2D eigenvalue weighted by atomic mass is 16.6. The van der Waals surface area contributed by atoms with Crippen LogP contribution in [0.2, 0.25) is 0 Å². The molecule has 0 saturated heterocycles. The van der Waals surface area contributed by atoms with Gasteiger partial charge < -0.3 is 14.9 Å². The third-order valence-electron chi connectivity index (χ3n) is 10.4. The summed E-state index contributed by atoms with van der Waals surface area (Å²) in [7, 11) is 0. The van der Waals surface area contributed by atoms with Crippen molar-refractivity contribution in [2.45, 2.75) is 130 Å². The van der Waals surface area contributed by atoms with Crippen LogP contribution in [-0.2, 0) is 23.9 Å². The number of carboxylic acids is 1. The van der Waals surface area contributed by atoms with Crippen molar-refractivity contribution in [3.05, 3.63) is 11.6 Å². The van der Waals surface area contributed by atoms with Gasteiger partial charge in [0, 0.05) is 18.3 Å². The van der Waals surface area contributed by atoms with E-state index in [2.05, 4.69) is 20.8 Å². The molecule has 0 aromatic carbocycles. The Morgan fingerprint density at radius 2 is 1.74 bits per heavy atom. The molecule has 214 valence electrons. The zero-order chi connectivity index (χ0) is 28.3. The molecule has 0 heterocycles. The van der Waals surface area contributed by atoms with Crippen molar-refractivity contribution in [2.75, 3.05) is 0 Å². The van der Waals surface area contributed by atoms with Crippen molar-refractivity contribution in [1.29, 1.82) is 0 Å². The largest absolute Gasteiger partial charge is 0.481 e. The predicted molar refractivity (Wildman–Crippen MR) is 144 cm³/mol. The van der Waals surface area contributed by atoms with Gasteiger partial charge in [0.2, 0.25) is 0 Å². The number of ketones is 2. The minimum absolute atomic E-state index is 0.0330. The van der Waals surface area contributed by atoms with Crippen molar-refractivity contribution in [3.63, 3.8) is 0 Å². The number of aliphatic hydroxyl groups excluding tert-OH is 1. The topological polar surface area (TPSA) is 118 Å². The first-order valence-corrected chi connectivity index (χ1v) is 14.7. The van der Waals surface area contributed by atoms with Gasteiger partial charge in [0.25, 0.3) is 0 Å². The molecule has 0 radical (unpaired) electrons. The number of fused-ring (bicyclic) bond motifs is 5. The molecule has 0 aromatic heterocycles. The number of hydrogen-bond acceptors (Lipinski definition) is 6. The van der Waals surface area contributed by atoms with Crippen molar-refractivity contribution in [1.82, 2.24) is 0 Å². The number of Topliss-reactive ketones (excluding diaryl/α,β-unsaturated/α-hetero) is 1. The van der Waals surface area contributed by atoms with E-state index in [1.165, 1.54) is 12.5 Å². The molecule has 2 N–H and O–H groups in total. The monoisotopic (exact) mass is 532 g/mol. The number of hydrogen-bond donors (Lipinski definition) is 2. The Labute approximate surface area is 227 Å². The van der Waals surface area contributed by atoms with E-state index in [4.69, 9.17) is 14.9 Å². The summed E-state index contributed by atoms with van der Waals surface area (Å²) >= 11 is 0. The Hall–Kier alpha value is -2.02. The number of aliphatic hydroxyl groups is 1. The number of allylic oxidation sites excluding steroid dienone is 1. The molecular weight excluding hydrogens is 484 g/mol. The van der Waals surface area contributed by atoms with Crippen LogP contribution in [0.15, 0.2) is 11.6 Å². The first-order valence-electron chi connectivity index (χ1n) is 14.7. The van der Waals surface area contributed by atoms with Crippen LogP contribution in [0.4, 0.5) is 0 Å². The number of carbonyl (C=O) groups excluding carboxylic acids is 3. The summed E-state index contributed by atoms with van der Waals surface area (Å²) in [4.78, 5) is 47.5. The average Bonchev–Trinajstić information content (AvgIpc) is 3.12. The van der Waals surface area contributed by atoms with Gasteiger partial charge in [-0.25, -0.2) is 0 Å². The van der Waals surface area contributed by atoms with Crippen LogP contribution in [0.3, 0.4) is 0 Å². The van der Waals surface area contributed by atoms with Crippen molar-refractivity contribution in [3.8, 4) is 0 Å². The fourth-order valence-electron chi connectivity index (χ4n) is 8.39. The van der Waals surface area contributed by atoms with Crippen LogP contribution in [-0.4, -0.2) is 45.4 Å². The molecule has 38 heavy (non-hydrogen) atoms. The smallest absolute Gasteiger partial charge is 0.306 e. The summed E-state index contributed by atoms with van der Waals surface area (Å²) in [6.07, 6.45) is 11.7. The highest BCUT2D eigenvalue weighted by Crippen LogP contribution is 2.68. The van der Waals surface area contributed by atoms with E-state index in [0.717, 1.165) is 57.8 Å². The molecule has 4 rings (SSSR count). The van der Waals surface area contributed by atoms with Crippen LogP contribution >= 0.6 is 0 Å². The summed E-state index contributed by atoms with van der Waals surface area (Å²) in [6.45, 7) is 9.81. The van der Waals surface area contributed by atoms with Crippen LogP contribution in [0.1, 0.15) is 118 Å². The summed E-state index contributed by atoms with van der Waals surface area (Å²) in [5.74, 6) is 0.698. The summed E-state index contributed by atoms with van der Waals surface area (Å²) in [5.41, 5.74) is 0.261. The lowest BCUT2D eigenvalue weighted by Gasteiger charge is -2.59. The molecule has 1 unspecified atom stereocenters. The molecule has 7 nitrogen and oxygen atoms in total. The van der Waals surface area contributed by atoms with E-state index >= 15 is 0 Å². The molecule has 3 saturated carbocycles. The first kappa shape index (κ1) is 30.5. The maximum Gasteiger partial charge on any atom is 0.306 e. The second kappa shape index (κ2) is 12.0. The van der Waals surface area contributed by atoms with Gasteiger partial charge in [-0.3, -0.25) is 19.2 Å². The van der Waals surface area contributed by atoms with Gasteiger partial charge >= 0.3 is 11.9 Å². The van der Waals surface area contributed by atoms with Gasteiger partial charge in [0.15, 0.2) is 17.2 Å². The second-order valence-corrected chi connectivity index (χ2v) is 12.7. The number of aliphatic carboxylic acids is 1. The quantitative estimate of drug-likeness (QED) is 0.299. The Balaban J connectivity index is 0.000000505. The van der Waals surface area contributed by atoms with E-state index in [1.54, 1.807) is 6.92 Å². The Morgan fingerprint density at radius 3 is 2.32 bits per heavy atom. The van der Waals surface area contributed by atoms with Gasteiger partial charge in [-0.05, 0) is 94.5 Å². The van der Waals surface area contributed by atoms with E-state index in [0.29, 0.717) is 37.0 Å². The molecule has 0 amide bonds. The van der Waals surface area contributed by atoms with E-state index in [9.17, 15) is 19.2 Å². The number of carboxylic acid groups (broad SMARTS) is 1. The van der Waals surface area contributed by atoms with Gasteiger partial charge in [0.1, 0.15) is 0 Å². The Morgan fingerprint density at radius 1 is 1.05 bits per heavy atom. The number of carbonyl (C=O) groups is 4. The van der Waals surface area contributed by atoms with Crippen LogP contribution in [0, 0.1) is 28.6 Å². The molecule has 7 heteroatoms. The first-order chi connectivity index (χ1) is 17.8. The van der Waals surface area contributed by atoms with Crippen LogP contribution in [0.5, 0.6) is 0 Å². The zero-order valence-corrected chi connectivity index (χ0v) is 24.0. The number of esters is 1. The summed E-state index contributed by atoms with van der Waals surface area (Å²) in [5, 5.41) is 16.3. The van der Waals surface area contributed by atoms with Gasteiger partial charge in [0.05, 0.1) is 12.5 Å². The van der Waals surface area contributed by atoms with Crippen molar-refractivity contribution < 1.29 is 34.1 Å². The molecule has 4 aliphatic rings. The molecule has 4 aliphatic carbocycles. The molecule has 0 bridgehead atoms. The second-order valence-electron chi connectivity index (χ2n) is 12.7. The maximum absolute atomic E-state index is 13.1.